The molecule has 0 aliphatic carbocycles. The van der Waals surface area contributed by atoms with Crippen molar-refractivity contribution >= 4 is 22.9 Å². The highest BCUT2D eigenvalue weighted by Gasteiger charge is 2.16. The molecule has 0 aliphatic rings. The molecular formula is C13H13N9. The zero-order valence-electron chi connectivity index (χ0n) is 12.0. The third kappa shape index (κ3) is 1.56. The Morgan fingerprint density at radius 2 is 1.86 bits per heavy atom. The molecule has 4 rings (SSSR count). The quantitative estimate of drug-likeness (QED) is 0.527. The zero-order valence-corrected chi connectivity index (χ0v) is 12.0. The molecule has 4 aromatic rings. The summed E-state index contributed by atoms with van der Waals surface area (Å²) < 4.78 is 3.22. The number of hydrogen-bond acceptors (Lipinski definition) is 7. The third-order valence-corrected chi connectivity index (χ3v) is 3.65. The Hall–Kier alpha value is -3.23. The lowest BCUT2D eigenvalue weighted by atomic mass is 10.2. The number of rotatable bonds is 1. The van der Waals surface area contributed by atoms with E-state index in [-0.39, 0.29) is 5.95 Å². The maximum Gasteiger partial charge on any atom is 0.225 e. The van der Waals surface area contributed by atoms with Crippen molar-refractivity contribution in [2.45, 2.75) is 13.8 Å². The van der Waals surface area contributed by atoms with E-state index >= 15 is 0 Å². The Morgan fingerprint density at radius 3 is 2.64 bits per heavy atom. The lowest BCUT2D eigenvalue weighted by molar-refractivity contribution is 0.873. The largest absolute Gasteiger partial charge is 0.382 e. The SMILES string of the molecule is Cc1cnn2c(N)nc(-c3cc4c(N)ncnn4c3C)nc12. The second-order valence-electron chi connectivity index (χ2n) is 5.05. The Balaban J connectivity index is 2.05. The number of nitrogen functional groups attached to an aromatic ring is 2. The Morgan fingerprint density at radius 1 is 1.05 bits per heavy atom. The molecule has 9 heteroatoms. The van der Waals surface area contributed by atoms with E-state index in [0.29, 0.717) is 22.8 Å². The van der Waals surface area contributed by atoms with Crippen molar-refractivity contribution in [3.05, 3.63) is 29.8 Å². The molecule has 0 unspecified atom stereocenters. The Kier molecular flexibility index (Phi) is 2.35. The van der Waals surface area contributed by atoms with Crippen LogP contribution in [-0.4, -0.2) is 34.2 Å². The molecule has 0 bridgehead atoms. The molecule has 4 heterocycles. The maximum absolute atomic E-state index is 5.97. The summed E-state index contributed by atoms with van der Waals surface area (Å²) in [5.41, 5.74) is 15.9. The minimum Gasteiger partial charge on any atom is -0.382 e. The summed E-state index contributed by atoms with van der Waals surface area (Å²) in [7, 11) is 0. The second-order valence-corrected chi connectivity index (χ2v) is 5.05. The van der Waals surface area contributed by atoms with Crippen LogP contribution in [0.15, 0.2) is 18.6 Å². The van der Waals surface area contributed by atoms with E-state index in [2.05, 4.69) is 25.1 Å². The van der Waals surface area contributed by atoms with E-state index < -0.39 is 0 Å². The summed E-state index contributed by atoms with van der Waals surface area (Å²) in [6, 6.07) is 1.86. The van der Waals surface area contributed by atoms with E-state index in [9.17, 15) is 0 Å². The predicted octanol–water partition coefficient (Wildman–Crippen LogP) is 0.615. The Bertz CT molecular complexity index is 1030. The molecule has 0 atom stereocenters. The molecule has 0 radical (unpaired) electrons. The average Bonchev–Trinajstić information content (AvgIpc) is 3.03. The monoisotopic (exact) mass is 295 g/mol. The minimum atomic E-state index is 0.279. The molecule has 0 saturated carbocycles. The zero-order chi connectivity index (χ0) is 15.4. The van der Waals surface area contributed by atoms with E-state index in [1.54, 1.807) is 10.7 Å². The van der Waals surface area contributed by atoms with Gasteiger partial charge in [-0.25, -0.2) is 14.5 Å². The van der Waals surface area contributed by atoms with Crippen molar-refractivity contribution in [2.75, 3.05) is 11.5 Å². The van der Waals surface area contributed by atoms with Crippen molar-refractivity contribution in [3.63, 3.8) is 0 Å². The van der Waals surface area contributed by atoms with Crippen molar-refractivity contribution in [1.82, 2.24) is 34.2 Å². The van der Waals surface area contributed by atoms with Gasteiger partial charge in [0.1, 0.15) is 11.8 Å². The molecule has 0 aliphatic heterocycles. The van der Waals surface area contributed by atoms with Gasteiger partial charge in [-0.15, -0.1) is 0 Å². The highest BCUT2D eigenvalue weighted by Crippen LogP contribution is 2.27. The van der Waals surface area contributed by atoms with Crippen LogP contribution in [0, 0.1) is 13.8 Å². The summed E-state index contributed by atoms with van der Waals surface area (Å²) >= 11 is 0. The van der Waals surface area contributed by atoms with Crippen LogP contribution in [0.1, 0.15) is 11.3 Å². The van der Waals surface area contributed by atoms with E-state index in [0.717, 1.165) is 16.8 Å². The summed E-state index contributed by atoms with van der Waals surface area (Å²) in [6.07, 6.45) is 3.12. The summed E-state index contributed by atoms with van der Waals surface area (Å²) in [5.74, 6) is 1.19. The molecule has 9 nitrogen and oxygen atoms in total. The van der Waals surface area contributed by atoms with Crippen LogP contribution < -0.4 is 11.5 Å². The highest BCUT2D eigenvalue weighted by molar-refractivity contribution is 5.76. The number of fused-ring (bicyclic) bond motifs is 2. The maximum atomic E-state index is 5.97. The van der Waals surface area contributed by atoms with Crippen LogP contribution >= 0.6 is 0 Å². The van der Waals surface area contributed by atoms with E-state index in [4.69, 9.17) is 11.5 Å². The molecule has 0 saturated heterocycles. The number of hydrogen-bond donors (Lipinski definition) is 2. The molecule has 110 valence electrons. The van der Waals surface area contributed by atoms with Gasteiger partial charge in [0.2, 0.25) is 5.95 Å². The molecular weight excluding hydrogens is 282 g/mol. The smallest absolute Gasteiger partial charge is 0.225 e. The molecule has 4 aromatic heterocycles. The minimum absolute atomic E-state index is 0.279. The number of anilines is 2. The lowest BCUT2D eigenvalue weighted by Crippen LogP contribution is -2.06. The van der Waals surface area contributed by atoms with Crippen molar-refractivity contribution < 1.29 is 0 Å². The first kappa shape index (κ1) is 12.5. The standard InChI is InChI=1S/C13H13N9/c1-6-4-17-22-12(6)19-11(20-13(22)15)8-3-9-10(14)16-5-18-21(9)7(8)2/h3-5H,1-2H3,(H2,14,16,18)(H2,15,19,20). The molecule has 0 aromatic carbocycles. The van der Waals surface area contributed by atoms with E-state index in [1.807, 2.05) is 19.9 Å². The van der Waals surface area contributed by atoms with Crippen LogP contribution in [-0.2, 0) is 0 Å². The summed E-state index contributed by atoms with van der Waals surface area (Å²) in [4.78, 5) is 12.9. The Labute approximate surface area is 124 Å². The van der Waals surface area contributed by atoms with Gasteiger partial charge in [0.25, 0.3) is 0 Å². The fourth-order valence-corrected chi connectivity index (χ4v) is 2.49. The van der Waals surface area contributed by atoms with Crippen LogP contribution in [0.25, 0.3) is 22.6 Å². The third-order valence-electron chi connectivity index (χ3n) is 3.65. The van der Waals surface area contributed by atoms with Gasteiger partial charge >= 0.3 is 0 Å². The topological polar surface area (TPSA) is 125 Å². The van der Waals surface area contributed by atoms with Gasteiger partial charge in [0.15, 0.2) is 17.3 Å². The predicted molar refractivity (Wildman–Crippen MR) is 81.1 cm³/mol. The number of aryl methyl sites for hydroxylation is 2. The number of nitrogens with two attached hydrogens (primary N) is 2. The fourth-order valence-electron chi connectivity index (χ4n) is 2.49. The molecule has 0 spiro atoms. The molecule has 22 heavy (non-hydrogen) atoms. The normalized spacial score (nSPS) is 11.5. The first-order chi connectivity index (χ1) is 10.6. The first-order valence-corrected chi connectivity index (χ1v) is 6.63. The summed E-state index contributed by atoms with van der Waals surface area (Å²) in [5, 5.41) is 8.35. The molecule has 0 fully saturated rings. The number of aromatic nitrogens is 7. The first-order valence-electron chi connectivity index (χ1n) is 6.63. The van der Waals surface area contributed by atoms with Crippen LogP contribution in [0.5, 0.6) is 0 Å². The van der Waals surface area contributed by atoms with Gasteiger partial charge in [-0.05, 0) is 19.9 Å². The van der Waals surface area contributed by atoms with Crippen molar-refractivity contribution in [1.29, 1.82) is 0 Å². The van der Waals surface area contributed by atoms with Gasteiger partial charge in [0, 0.05) is 11.1 Å². The lowest BCUT2D eigenvalue weighted by Gasteiger charge is -2.03. The van der Waals surface area contributed by atoms with Gasteiger partial charge in [-0.2, -0.15) is 19.7 Å². The molecule has 0 amide bonds. The van der Waals surface area contributed by atoms with Gasteiger partial charge in [-0.3, -0.25) is 0 Å². The summed E-state index contributed by atoms with van der Waals surface area (Å²) in [6.45, 7) is 3.84. The van der Waals surface area contributed by atoms with Gasteiger partial charge < -0.3 is 11.5 Å². The van der Waals surface area contributed by atoms with E-state index in [1.165, 1.54) is 10.8 Å². The van der Waals surface area contributed by atoms with Crippen LogP contribution in [0.3, 0.4) is 0 Å². The average molecular weight is 295 g/mol. The van der Waals surface area contributed by atoms with Crippen molar-refractivity contribution in [3.8, 4) is 11.4 Å². The van der Waals surface area contributed by atoms with Crippen molar-refractivity contribution in [2.24, 2.45) is 0 Å². The molecule has 4 N–H and O–H groups in total. The van der Waals surface area contributed by atoms with Crippen LogP contribution in [0.4, 0.5) is 11.8 Å². The second kappa shape index (κ2) is 4.13. The highest BCUT2D eigenvalue weighted by atomic mass is 15.3. The van der Waals surface area contributed by atoms with Gasteiger partial charge in [0.05, 0.1) is 11.9 Å². The fraction of sp³-hybridized carbons (Fsp3) is 0.154. The van der Waals surface area contributed by atoms with Gasteiger partial charge in [-0.1, -0.05) is 0 Å². The van der Waals surface area contributed by atoms with Crippen LogP contribution in [0.2, 0.25) is 0 Å². The number of nitrogens with zero attached hydrogens (tertiary/aromatic N) is 7.